The van der Waals surface area contributed by atoms with Gasteiger partial charge < -0.3 is 9.67 Å². The number of carbonyl (C=O) groups is 1. The number of hydrogen-bond acceptors (Lipinski definition) is 3. The summed E-state index contributed by atoms with van der Waals surface area (Å²) in [4.78, 5) is 10.5. The van der Waals surface area contributed by atoms with E-state index >= 15 is 0 Å². The van der Waals surface area contributed by atoms with Crippen LogP contribution in [0.3, 0.4) is 0 Å². The molecule has 0 aliphatic heterocycles. The second-order valence-electron chi connectivity index (χ2n) is 4.44. The fourth-order valence-electron chi connectivity index (χ4n) is 1.69. The molecule has 10 heteroatoms. The molecule has 0 bridgehead atoms. The van der Waals surface area contributed by atoms with Crippen LogP contribution < -0.4 is 4.72 Å². The molecule has 1 aromatic rings. The minimum atomic E-state index is -4.68. The molecule has 1 aliphatic rings. The molecule has 0 unspecified atom stereocenters. The molecule has 0 amide bonds. The van der Waals surface area contributed by atoms with Crippen LogP contribution in [0.4, 0.5) is 13.2 Å². The number of rotatable bonds is 5. The van der Waals surface area contributed by atoms with E-state index in [0.717, 1.165) is 12.3 Å². The first-order valence-corrected chi connectivity index (χ1v) is 7.10. The van der Waals surface area contributed by atoms with Crippen LogP contribution in [0.15, 0.2) is 17.2 Å². The van der Waals surface area contributed by atoms with Crippen molar-refractivity contribution in [3.05, 3.63) is 18.0 Å². The van der Waals surface area contributed by atoms with Crippen molar-refractivity contribution in [2.75, 3.05) is 6.54 Å². The Hall–Kier alpha value is -1.55. The first-order valence-electron chi connectivity index (χ1n) is 5.62. The van der Waals surface area contributed by atoms with E-state index in [4.69, 9.17) is 5.11 Å². The van der Waals surface area contributed by atoms with E-state index in [1.165, 1.54) is 9.29 Å². The van der Waals surface area contributed by atoms with E-state index in [1.54, 1.807) is 0 Å². The van der Waals surface area contributed by atoms with Gasteiger partial charge in [-0.2, -0.15) is 13.2 Å². The number of hydrogen-bond donors (Lipinski definition) is 2. The largest absolute Gasteiger partial charge is 0.477 e. The summed E-state index contributed by atoms with van der Waals surface area (Å²) in [6.45, 7) is -1.70. The minimum absolute atomic E-state index is 0.104. The Morgan fingerprint density at radius 2 is 2.05 bits per heavy atom. The highest BCUT2D eigenvalue weighted by Gasteiger charge is 2.33. The Labute approximate surface area is 112 Å². The van der Waals surface area contributed by atoms with Gasteiger partial charge in [-0.1, -0.05) is 0 Å². The van der Waals surface area contributed by atoms with Crippen LogP contribution in [-0.4, -0.2) is 36.8 Å². The standard InChI is InChI=1S/C10H11F3N2O4S/c11-10(12,13)5-14-20(18,19)7-3-8(9(16)17)15(4-7)6-1-2-6/h3-4,6,14H,1-2,5H2,(H,16,17). The zero-order chi connectivity index (χ0) is 15.1. The lowest BCUT2D eigenvalue weighted by atomic mass is 10.4. The number of halogens is 3. The Morgan fingerprint density at radius 1 is 1.45 bits per heavy atom. The Morgan fingerprint density at radius 3 is 2.50 bits per heavy atom. The fourth-order valence-corrected chi connectivity index (χ4v) is 2.73. The van der Waals surface area contributed by atoms with Crippen molar-refractivity contribution in [3.63, 3.8) is 0 Å². The number of nitrogens with one attached hydrogen (secondary N) is 1. The highest BCUT2D eigenvalue weighted by atomic mass is 32.2. The quantitative estimate of drug-likeness (QED) is 0.859. The number of carboxylic acids is 1. The van der Waals surface area contributed by atoms with E-state index < -0.39 is 33.6 Å². The van der Waals surface area contributed by atoms with Crippen LogP contribution in [-0.2, 0) is 10.0 Å². The average Bonchev–Trinajstić information content (AvgIpc) is 3.04. The van der Waals surface area contributed by atoms with Crippen LogP contribution >= 0.6 is 0 Å². The van der Waals surface area contributed by atoms with Crippen LogP contribution in [0.25, 0.3) is 0 Å². The summed E-state index contributed by atoms with van der Waals surface area (Å²) in [7, 11) is -4.39. The van der Waals surface area contributed by atoms with E-state index in [2.05, 4.69) is 0 Å². The molecule has 1 heterocycles. The summed E-state index contributed by atoms with van der Waals surface area (Å²) >= 11 is 0. The van der Waals surface area contributed by atoms with Gasteiger partial charge in [0.25, 0.3) is 0 Å². The molecule has 0 radical (unpaired) electrons. The fraction of sp³-hybridized carbons (Fsp3) is 0.500. The number of nitrogens with zero attached hydrogens (tertiary/aromatic N) is 1. The molecule has 112 valence electrons. The Bertz CT molecular complexity index is 631. The number of aromatic carboxylic acids is 1. The summed E-state index contributed by atoms with van der Waals surface area (Å²) in [5.74, 6) is -1.32. The third-order valence-corrected chi connectivity index (χ3v) is 4.12. The van der Waals surface area contributed by atoms with Gasteiger partial charge in [-0.3, -0.25) is 0 Å². The first-order chi connectivity index (χ1) is 9.10. The average molecular weight is 312 g/mol. The lowest BCUT2D eigenvalue weighted by molar-refractivity contribution is -0.121. The van der Waals surface area contributed by atoms with Crippen LogP contribution in [0.5, 0.6) is 0 Å². The Kier molecular flexibility index (Phi) is 3.54. The van der Waals surface area contributed by atoms with Gasteiger partial charge in [0, 0.05) is 12.2 Å². The van der Waals surface area contributed by atoms with E-state index in [1.807, 2.05) is 0 Å². The van der Waals surface area contributed by atoms with Gasteiger partial charge in [0.15, 0.2) is 0 Å². The lowest BCUT2D eigenvalue weighted by Crippen LogP contribution is -2.33. The highest BCUT2D eigenvalue weighted by Crippen LogP contribution is 2.37. The summed E-state index contributed by atoms with van der Waals surface area (Å²) < 4.78 is 62.1. The zero-order valence-electron chi connectivity index (χ0n) is 10.0. The molecular formula is C10H11F3N2O4S. The normalized spacial score (nSPS) is 16.4. The monoisotopic (exact) mass is 312 g/mol. The molecule has 20 heavy (non-hydrogen) atoms. The molecule has 0 aromatic carbocycles. The van der Waals surface area contributed by atoms with E-state index in [-0.39, 0.29) is 11.7 Å². The number of sulfonamides is 1. The van der Waals surface area contributed by atoms with Gasteiger partial charge in [-0.05, 0) is 18.9 Å². The third-order valence-electron chi connectivity index (χ3n) is 2.76. The molecule has 1 saturated carbocycles. The first kappa shape index (κ1) is 14.9. The predicted molar refractivity (Wildman–Crippen MR) is 60.9 cm³/mol. The van der Waals surface area contributed by atoms with Crippen molar-refractivity contribution < 1.29 is 31.5 Å². The lowest BCUT2D eigenvalue weighted by Gasteiger charge is -2.07. The summed E-state index contributed by atoms with van der Waals surface area (Å²) in [5.41, 5.74) is -0.250. The van der Waals surface area contributed by atoms with E-state index in [9.17, 15) is 26.4 Å². The molecule has 1 fully saturated rings. The topological polar surface area (TPSA) is 88.4 Å². The minimum Gasteiger partial charge on any atom is -0.477 e. The molecular weight excluding hydrogens is 301 g/mol. The Balaban J connectivity index is 2.28. The van der Waals surface area contributed by atoms with Crippen molar-refractivity contribution >= 4 is 16.0 Å². The zero-order valence-corrected chi connectivity index (χ0v) is 10.8. The van der Waals surface area contributed by atoms with Gasteiger partial charge in [0.1, 0.15) is 17.1 Å². The van der Waals surface area contributed by atoms with Crippen molar-refractivity contribution in [2.24, 2.45) is 0 Å². The van der Waals surface area contributed by atoms with Crippen LogP contribution in [0.2, 0.25) is 0 Å². The van der Waals surface area contributed by atoms with Crippen LogP contribution in [0.1, 0.15) is 29.4 Å². The number of carboxylic acid groups (broad SMARTS) is 1. The SMILES string of the molecule is O=C(O)c1cc(S(=O)(=O)NCC(F)(F)F)cn1C1CC1. The second-order valence-corrected chi connectivity index (χ2v) is 6.21. The maximum atomic E-state index is 12.0. The molecule has 2 N–H and O–H groups in total. The second kappa shape index (κ2) is 4.77. The summed E-state index contributed by atoms with van der Waals surface area (Å²) in [6.07, 6.45) is -2.20. The van der Waals surface area contributed by atoms with Crippen LogP contribution in [0, 0.1) is 0 Å². The molecule has 1 aliphatic carbocycles. The molecule has 6 nitrogen and oxygen atoms in total. The molecule has 0 spiro atoms. The van der Waals surface area contributed by atoms with E-state index in [0.29, 0.717) is 12.8 Å². The molecule has 0 atom stereocenters. The highest BCUT2D eigenvalue weighted by molar-refractivity contribution is 7.89. The summed E-state index contributed by atoms with van der Waals surface area (Å²) in [5, 5.41) is 8.96. The number of aromatic nitrogens is 1. The maximum Gasteiger partial charge on any atom is 0.402 e. The molecule has 1 aromatic heterocycles. The van der Waals surface area contributed by atoms with Gasteiger partial charge in [0.2, 0.25) is 10.0 Å². The van der Waals surface area contributed by atoms with Crippen molar-refractivity contribution in [3.8, 4) is 0 Å². The van der Waals surface area contributed by atoms with Crippen molar-refractivity contribution in [1.82, 2.24) is 9.29 Å². The van der Waals surface area contributed by atoms with Gasteiger partial charge >= 0.3 is 12.1 Å². The third kappa shape index (κ3) is 3.31. The predicted octanol–water partition coefficient (Wildman–Crippen LogP) is 1.36. The maximum absolute atomic E-state index is 12.0. The van der Waals surface area contributed by atoms with Gasteiger partial charge in [-0.15, -0.1) is 0 Å². The summed E-state index contributed by atoms with van der Waals surface area (Å²) in [6, 6.07) is 0.756. The van der Waals surface area contributed by atoms with Gasteiger partial charge in [0.05, 0.1) is 0 Å². The van der Waals surface area contributed by atoms with Crippen molar-refractivity contribution in [2.45, 2.75) is 30.0 Å². The van der Waals surface area contributed by atoms with Gasteiger partial charge in [-0.25, -0.2) is 17.9 Å². The smallest absolute Gasteiger partial charge is 0.402 e. The molecule has 2 rings (SSSR count). The van der Waals surface area contributed by atoms with Crippen molar-refractivity contribution in [1.29, 1.82) is 0 Å². The molecule has 0 saturated heterocycles. The number of alkyl halides is 3.